The van der Waals surface area contributed by atoms with E-state index >= 15 is 0 Å². The Morgan fingerprint density at radius 3 is 2.51 bits per heavy atom. The van der Waals surface area contributed by atoms with Crippen LogP contribution in [0.4, 0.5) is 14.6 Å². The van der Waals surface area contributed by atoms with Crippen LogP contribution in [0.3, 0.4) is 0 Å². The predicted molar refractivity (Wildman–Crippen MR) is 141 cm³/mol. The summed E-state index contributed by atoms with van der Waals surface area (Å²) >= 11 is 0. The second kappa shape index (κ2) is 13.0. The predicted octanol–water partition coefficient (Wildman–Crippen LogP) is 4.27. The Bertz CT molecular complexity index is 1220. The zero-order valence-corrected chi connectivity index (χ0v) is 21.1. The molecule has 0 unspecified atom stereocenters. The number of rotatable bonds is 10. The zero-order valence-electron chi connectivity index (χ0n) is 20.1. The van der Waals surface area contributed by atoms with E-state index in [-0.39, 0.29) is 19.9 Å². The number of fused-ring (bicyclic) bond motifs is 1. The highest BCUT2D eigenvalue weighted by atomic mass is 32.1. The van der Waals surface area contributed by atoms with Crippen LogP contribution in [0.25, 0.3) is 0 Å². The summed E-state index contributed by atoms with van der Waals surface area (Å²) in [5.41, 5.74) is 2.08. The van der Waals surface area contributed by atoms with Gasteiger partial charge in [0.1, 0.15) is 34.8 Å². The maximum absolute atomic E-state index is 13.8. The highest BCUT2D eigenvalue weighted by Gasteiger charge is 2.24. The number of ether oxygens (including phenoxy) is 1. The van der Waals surface area contributed by atoms with Gasteiger partial charge in [-0.05, 0) is 67.1 Å². The van der Waals surface area contributed by atoms with E-state index in [1.54, 1.807) is 24.3 Å². The van der Waals surface area contributed by atoms with Gasteiger partial charge in [-0.15, -0.1) is 0 Å². The molecular formula is C27H29F2N3O4S. The van der Waals surface area contributed by atoms with Crippen molar-refractivity contribution < 1.29 is 28.2 Å². The third-order valence-electron chi connectivity index (χ3n) is 5.95. The molecule has 2 heterocycles. The van der Waals surface area contributed by atoms with Crippen LogP contribution < -0.4 is 15.4 Å². The van der Waals surface area contributed by atoms with Crippen LogP contribution in [0.15, 0.2) is 54.6 Å². The first-order valence-electron chi connectivity index (χ1n) is 11.8. The molecule has 0 spiro atoms. The topological polar surface area (TPSA) is 101 Å². The SMILES string of the molecule is O=C(N[C@@H](Cc1ccc(OCCCc2ccc3c(n2)NCCC3)cc1)C(=O)O)c1c(F)cccc1F.S. The number of hydrogen-bond donors (Lipinski definition) is 3. The average Bonchev–Trinajstić information content (AvgIpc) is 2.87. The van der Waals surface area contributed by atoms with Crippen molar-refractivity contribution in [2.75, 3.05) is 18.5 Å². The van der Waals surface area contributed by atoms with Crippen molar-refractivity contribution in [3.8, 4) is 5.75 Å². The number of nitrogens with one attached hydrogen (secondary N) is 2. The summed E-state index contributed by atoms with van der Waals surface area (Å²) in [6.45, 7) is 1.44. The van der Waals surface area contributed by atoms with E-state index < -0.39 is 35.1 Å². The fourth-order valence-corrected chi connectivity index (χ4v) is 4.05. The van der Waals surface area contributed by atoms with Gasteiger partial charge in [0.2, 0.25) is 0 Å². The van der Waals surface area contributed by atoms with E-state index in [4.69, 9.17) is 4.74 Å². The maximum Gasteiger partial charge on any atom is 0.326 e. The van der Waals surface area contributed by atoms with Crippen molar-refractivity contribution >= 4 is 31.2 Å². The second-order valence-electron chi connectivity index (χ2n) is 8.60. The quantitative estimate of drug-likeness (QED) is 0.339. The number of hydrogen-bond acceptors (Lipinski definition) is 5. The number of aryl methyl sites for hydroxylation is 2. The van der Waals surface area contributed by atoms with Gasteiger partial charge in [0.05, 0.1) is 6.61 Å². The molecule has 10 heteroatoms. The first kappa shape index (κ1) is 27.9. The molecule has 0 fully saturated rings. The molecule has 1 aliphatic heterocycles. The Morgan fingerprint density at radius 1 is 1.08 bits per heavy atom. The van der Waals surface area contributed by atoms with Crippen LogP contribution >= 0.6 is 13.5 Å². The summed E-state index contributed by atoms with van der Waals surface area (Å²) in [5.74, 6) is -2.95. The summed E-state index contributed by atoms with van der Waals surface area (Å²) in [4.78, 5) is 28.6. The smallest absolute Gasteiger partial charge is 0.326 e. The van der Waals surface area contributed by atoms with Gasteiger partial charge in [-0.1, -0.05) is 24.3 Å². The number of aliphatic carboxylic acids is 1. The fourth-order valence-electron chi connectivity index (χ4n) is 4.05. The highest BCUT2D eigenvalue weighted by molar-refractivity contribution is 7.59. The summed E-state index contributed by atoms with van der Waals surface area (Å²) < 4.78 is 33.5. The Morgan fingerprint density at radius 2 is 1.81 bits per heavy atom. The molecular weight excluding hydrogens is 500 g/mol. The molecule has 4 rings (SSSR count). The van der Waals surface area contributed by atoms with Gasteiger partial charge in [-0.3, -0.25) is 4.79 Å². The standard InChI is InChI=1S/C27H27F2N3O4.H2S/c28-21-6-1-7-22(29)24(21)26(33)32-23(27(34)35)16-17-8-12-20(13-9-17)36-15-3-5-19-11-10-18-4-2-14-30-25(18)31-19;/h1,6-13,23H,2-5,14-16H2,(H,30,31)(H,32,33)(H,34,35);1H2/t23-;/m0./s1. The number of carboxylic acids is 1. The molecule has 7 nitrogen and oxygen atoms in total. The number of carbonyl (C=O) groups excluding carboxylic acids is 1. The van der Waals surface area contributed by atoms with Crippen molar-refractivity contribution in [1.82, 2.24) is 10.3 Å². The molecule has 196 valence electrons. The molecule has 0 bridgehead atoms. The Hall–Kier alpha value is -3.66. The molecule has 0 saturated carbocycles. The number of amides is 1. The van der Waals surface area contributed by atoms with Crippen LogP contribution in [0, 0.1) is 11.6 Å². The van der Waals surface area contributed by atoms with Gasteiger partial charge in [-0.2, -0.15) is 13.5 Å². The molecule has 2 aromatic carbocycles. The molecule has 1 atom stereocenters. The van der Waals surface area contributed by atoms with Crippen molar-refractivity contribution in [3.63, 3.8) is 0 Å². The second-order valence-corrected chi connectivity index (χ2v) is 8.60. The highest BCUT2D eigenvalue weighted by Crippen LogP contribution is 2.20. The van der Waals surface area contributed by atoms with E-state index in [2.05, 4.69) is 27.8 Å². The number of carbonyl (C=O) groups is 2. The van der Waals surface area contributed by atoms with Gasteiger partial charge >= 0.3 is 5.97 Å². The van der Waals surface area contributed by atoms with Gasteiger partial charge in [0, 0.05) is 18.7 Å². The number of carboxylic acid groups (broad SMARTS) is 1. The summed E-state index contributed by atoms with van der Waals surface area (Å²) in [6.07, 6.45) is 3.69. The lowest BCUT2D eigenvalue weighted by molar-refractivity contribution is -0.139. The Kier molecular flexibility index (Phi) is 9.85. The zero-order chi connectivity index (χ0) is 25.5. The molecule has 3 N–H and O–H groups in total. The molecule has 0 aliphatic carbocycles. The fraction of sp³-hybridized carbons (Fsp3) is 0.296. The van der Waals surface area contributed by atoms with Crippen LogP contribution in [0.2, 0.25) is 0 Å². The van der Waals surface area contributed by atoms with Crippen molar-refractivity contribution in [2.45, 2.75) is 38.1 Å². The lowest BCUT2D eigenvalue weighted by Crippen LogP contribution is -2.42. The molecule has 1 aliphatic rings. The van der Waals surface area contributed by atoms with Gasteiger partial charge in [0.25, 0.3) is 5.91 Å². The minimum absolute atomic E-state index is 0. The summed E-state index contributed by atoms with van der Waals surface area (Å²) in [7, 11) is 0. The van der Waals surface area contributed by atoms with Crippen molar-refractivity contribution in [3.05, 3.63) is 88.6 Å². The van der Waals surface area contributed by atoms with Gasteiger partial charge in [0.15, 0.2) is 0 Å². The Labute approximate surface area is 220 Å². The first-order valence-corrected chi connectivity index (χ1v) is 11.8. The number of aromatic nitrogens is 1. The van der Waals surface area contributed by atoms with Crippen LogP contribution in [-0.4, -0.2) is 41.2 Å². The average molecular weight is 530 g/mol. The minimum Gasteiger partial charge on any atom is -0.494 e. The largest absolute Gasteiger partial charge is 0.494 e. The van der Waals surface area contributed by atoms with Crippen LogP contribution in [0.1, 0.15) is 40.0 Å². The lowest BCUT2D eigenvalue weighted by Gasteiger charge is -2.17. The molecule has 3 aromatic rings. The molecule has 37 heavy (non-hydrogen) atoms. The maximum atomic E-state index is 13.8. The normalized spacial score (nSPS) is 12.9. The molecule has 1 amide bonds. The van der Waals surface area contributed by atoms with Crippen molar-refractivity contribution in [2.24, 2.45) is 0 Å². The number of halogens is 2. The molecule has 0 radical (unpaired) electrons. The van der Waals surface area contributed by atoms with E-state index in [9.17, 15) is 23.5 Å². The summed E-state index contributed by atoms with van der Waals surface area (Å²) in [5, 5.41) is 15.0. The number of anilines is 1. The third-order valence-corrected chi connectivity index (χ3v) is 5.95. The molecule has 0 saturated heterocycles. The monoisotopic (exact) mass is 529 g/mol. The van der Waals surface area contributed by atoms with E-state index in [0.717, 1.165) is 61.9 Å². The third kappa shape index (κ3) is 7.42. The number of pyridine rings is 1. The number of benzene rings is 2. The van der Waals surface area contributed by atoms with E-state index in [1.165, 1.54) is 5.56 Å². The first-order chi connectivity index (χ1) is 17.4. The van der Waals surface area contributed by atoms with E-state index in [1.807, 2.05) is 0 Å². The lowest BCUT2D eigenvalue weighted by atomic mass is 10.0. The van der Waals surface area contributed by atoms with Crippen LogP contribution in [0.5, 0.6) is 5.75 Å². The van der Waals surface area contributed by atoms with Crippen LogP contribution in [-0.2, 0) is 24.1 Å². The van der Waals surface area contributed by atoms with Gasteiger partial charge < -0.3 is 20.5 Å². The Balaban J connectivity index is 0.00000380. The summed E-state index contributed by atoms with van der Waals surface area (Å²) in [6, 6.07) is 12.6. The minimum atomic E-state index is -1.36. The number of nitrogens with zero attached hydrogens (tertiary/aromatic N) is 1. The van der Waals surface area contributed by atoms with Crippen molar-refractivity contribution in [1.29, 1.82) is 0 Å². The molecule has 1 aromatic heterocycles. The van der Waals surface area contributed by atoms with E-state index in [0.29, 0.717) is 17.9 Å². The van der Waals surface area contributed by atoms with Gasteiger partial charge in [-0.25, -0.2) is 18.6 Å².